The molecule has 0 bridgehead atoms. The van der Waals surface area contributed by atoms with E-state index in [4.69, 9.17) is 54.7 Å². The summed E-state index contributed by atoms with van der Waals surface area (Å²) in [6, 6.07) is 12.6. The lowest BCUT2D eigenvalue weighted by atomic mass is 10.1. The van der Waals surface area contributed by atoms with Gasteiger partial charge in [-0.1, -0.05) is 40.9 Å². The van der Waals surface area contributed by atoms with E-state index >= 15 is 0 Å². The molecule has 0 fully saturated rings. The number of carbonyl (C=O) groups is 1. The van der Waals surface area contributed by atoms with Crippen LogP contribution in [0.15, 0.2) is 47.6 Å². The van der Waals surface area contributed by atoms with Crippen LogP contribution in [0.4, 0.5) is 5.69 Å². The van der Waals surface area contributed by atoms with Crippen LogP contribution in [-0.2, 0) is 6.61 Å². The maximum atomic E-state index is 12.4. The lowest BCUT2D eigenvalue weighted by molar-refractivity contribution is 0.0950. The SMILES string of the molecule is COc1cccc(OCc2cc(/C=N\NC(=O)c3nc(Cl)c(Cl)c(N)c3Cl)ccc2OC)c1. The minimum Gasteiger partial charge on any atom is -0.497 e. The minimum atomic E-state index is -0.698. The summed E-state index contributed by atoms with van der Waals surface area (Å²) in [4.78, 5) is 16.2. The fourth-order valence-corrected chi connectivity index (χ4v) is 3.34. The van der Waals surface area contributed by atoms with E-state index in [1.165, 1.54) is 6.21 Å². The predicted octanol–water partition coefficient (Wildman–Crippen LogP) is 4.98. The second-order valence-electron chi connectivity index (χ2n) is 6.53. The van der Waals surface area contributed by atoms with E-state index in [0.29, 0.717) is 22.8 Å². The number of rotatable bonds is 8. The van der Waals surface area contributed by atoms with Crippen LogP contribution in [0, 0.1) is 0 Å². The van der Waals surface area contributed by atoms with Crippen molar-refractivity contribution in [2.24, 2.45) is 5.10 Å². The summed E-state index contributed by atoms with van der Waals surface area (Å²) in [5, 5.41) is 3.67. The highest BCUT2D eigenvalue weighted by Gasteiger charge is 2.19. The summed E-state index contributed by atoms with van der Waals surface area (Å²) in [6.07, 6.45) is 1.45. The van der Waals surface area contributed by atoms with Gasteiger partial charge in [-0.05, 0) is 35.9 Å². The van der Waals surface area contributed by atoms with Gasteiger partial charge in [-0.15, -0.1) is 0 Å². The first-order valence-corrected chi connectivity index (χ1v) is 10.5. The molecule has 2 aromatic carbocycles. The molecule has 0 aliphatic carbocycles. The Hall–Kier alpha value is -3.20. The molecule has 0 aliphatic rings. The Bertz CT molecular complexity index is 1200. The second kappa shape index (κ2) is 11.1. The number of nitrogen functional groups attached to an aromatic ring is 1. The molecule has 11 heteroatoms. The summed E-state index contributed by atoms with van der Waals surface area (Å²) >= 11 is 17.8. The normalized spacial score (nSPS) is 10.8. The van der Waals surface area contributed by atoms with Gasteiger partial charge in [0.05, 0.1) is 31.1 Å². The predicted molar refractivity (Wildman–Crippen MR) is 129 cm³/mol. The highest BCUT2D eigenvalue weighted by molar-refractivity contribution is 6.46. The van der Waals surface area contributed by atoms with E-state index in [0.717, 1.165) is 5.56 Å². The summed E-state index contributed by atoms with van der Waals surface area (Å²) in [5.74, 6) is 1.28. The molecule has 0 spiro atoms. The number of aromatic nitrogens is 1. The van der Waals surface area contributed by atoms with Crippen LogP contribution >= 0.6 is 34.8 Å². The van der Waals surface area contributed by atoms with Gasteiger partial charge in [0.15, 0.2) is 10.8 Å². The first-order chi connectivity index (χ1) is 15.8. The molecule has 0 saturated carbocycles. The van der Waals surface area contributed by atoms with Crippen LogP contribution in [0.5, 0.6) is 17.2 Å². The maximum absolute atomic E-state index is 12.4. The van der Waals surface area contributed by atoms with Crippen molar-refractivity contribution >= 4 is 52.6 Å². The van der Waals surface area contributed by atoms with Crippen molar-refractivity contribution in [1.82, 2.24) is 10.4 Å². The number of anilines is 1. The molecule has 3 aromatic rings. The number of benzene rings is 2. The van der Waals surface area contributed by atoms with E-state index in [1.807, 2.05) is 24.3 Å². The number of hydrazone groups is 1. The number of hydrogen-bond donors (Lipinski definition) is 2. The van der Waals surface area contributed by atoms with E-state index < -0.39 is 5.91 Å². The number of hydrogen-bond acceptors (Lipinski definition) is 7. The van der Waals surface area contributed by atoms with Crippen LogP contribution in [0.1, 0.15) is 21.6 Å². The second-order valence-corrected chi connectivity index (χ2v) is 7.64. The Balaban J connectivity index is 1.71. The van der Waals surface area contributed by atoms with E-state index in [2.05, 4.69) is 15.5 Å². The zero-order valence-electron chi connectivity index (χ0n) is 17.6. The van der Waals surface area contributed by atoms with E-state index in [1.54, 1.807) is 32.4 Å². The molecule has 0 saturated heterocycles. The highest BCUT2D eigenvalue weighted by Crippen LogP contribution is 2.34. The number of nitrogens with zero attached hydrogens (tertiary/aromatic N) is 2. The third-order valence-corrected chi connectivity index (χ3v) is 5.54. The van der Waals surface area contributed by atoms with Crippen LogP contribution in [0.25, 0.3) is 0 Å². The van der Waals surface area contributed by atoms with E-state index in [-0.39, 0.29) is 33.2 Å². The molecule has 1 aromatic heterocycles. The number of ether oxygens (including phenoxy) is 3. The fraction of sp³-hybridized carbons (Fsp3) is 0.136. The maximum Gasteiger partial charge on any atom is 0.291 e. The van der Waals surface area contributed by atoms with Crippen molar-refractivity contribution in [2.45, 2.75) is 6.61 Å². The topological polar surface area (TPSA) is 108 Å². The number of carbonyl (C=O) groups excluding carboxylic acids is 1. The molecule has 0 atom stereocenters. The average molecular weight is 510 g/mol. The van der Waals surface area contributed by atoms with Gasteiger partial charge in [0.2, 0.25) is 0 Å². The van der Waals surface area contributed by atoms with Crippen molar-refractivity contribution in [2.75, 3.05) is 20.0 Å². The van der Waals surface area contributed by atoms with Crippen LogP contribution in [0.2, 0.25) is 15.2 Å². The number of nitrogens with one attached hydrogen (secondary N) is 1. The number of nitrogens with two attached hydrogens (primary N) is 1. The standard InChI is InChI=1S/C22H19Cl3N4O4/c1-31-14-4-3-5-15(9-14)33-11-13-8-12(6-7-16(13)32-2)10-27-29-22(30)20-17(23)19(26)18(24)21(25)28-20/h3-10H,11H2,1-2H3,(H2,26,28)(H,29,30)/b27-10-. The van der Waals surface area contributed by atoms with Gasteiger partial charge in [-0.25, -0.2) is 10.4 Å². The molecule has 3 rings (SSSR count). The first-order valence-electron chi connectivity index (χ1n) is 9.41. The fourth-order valence-electron chi connectivity index (χ4n) is 2.74. The van der Waals surface area contributed by atoms with Crippen LogP contribution < -0.4 is 25.4 Å². The summed E-state index contributed by atoms with van der Waals surface area (Å²) in [7, 11) is 3.16. The number of pyridine rings is 1. The number of methoxy groups -OCH3 is 2. The van der Waals surface area contributed by atoms with Crippen molar-refractivity contribution < 1.29 is 19.0 Å². The Morgan fingerprint density at radius 3 is 2.58 bits per heavy atom. The average Bonchev–Trinajstić information content (AvgIpc) is 2.83. The van der Waals surface area contributed by atoms with Gasteiger partial charge in [0, 0.05) is 11.6 Å². The van der Waals surface area contributed by atoms with Gasteiger partial charge in [-0.3, -0.25) is 4.79 Å². The molecule has 1 amide bonds. The Kier molecular flexibility index (Phi) is 8.21. The van der Waals surface area contributed by atoms with Crippen LogP contribution in [0.3, 0.4) is 0 Å². The van der Waals surface area contributed by atoms with Gasteiger partial charge in [0.25, 0.3) is 5.91 Å². The lowest BCUT2D eigenvalue weighted by Gasteiger charge is -2.12. The van der Waals surface area contributed by atoms with Gasteiger partial charge >= 0.3 is 0 Å². The molecule has 0 aliphatic heterocycles. The Morgan fingerprint density at radius 2 is 1.85 bits per heavy atom. The number of halogens is 3. The molecular formula is C22H19Cl3N4O4. The third-order valence-electron chi connectivity index (χ3n) is 4.41. The monoisotopic (exact) mass is 508 g/mol. The zero-order chi connectivity index (χ0) is 24.0. The Morgan fingerprint density at radius 1 is 1.09 bits per heavy atom. The molecule has 172 valence electrons. The molecular weight excluding hydrogens is 491 g/mol. The smallest absolute Gasteiger partial charge is 0.291 e. The quantitative estimate of drug-likeness (QED) is 0.252. The molecule has 3 N–H and O–H groups in total. The van der Waals surface area contributed by atoms with Crippen molar-refractivity contribution in [1.29, 1.82) is 0 Å². The minimum absolute atomic E-state index is 0.0244. The molecule has 8 nitrogen and oxygen atoms in total. The van der Waals surface area contributed by atoms with Crippen LogP contribution in [-0.4, -0.2) is 31.3 Å². The van der Waals surface area contributed by atoms with Crippen molar-refractivity contribution in [3.63, 3.8) is 0 Å². The summed E-state index contributed by atoms with van der Waals surface area (Å²) in [5.41, 5.74) is 9.30. The third kappa shape index (κ3) is 5.98. The number of amides is 1. The molecule has 0 unspecified atom stereocenters. The molecule has 1 heterocycles. The molecule has 33 heavy (non-hydrogen) atoms. The Labute approximate surface area is 205 Å². The van der Waals surface area contributed by atoms with Crippen molar-refractivity contribution in [3.8, 4) is 17.2 Å². The van der Waals surface area contributed by atoms with E-state index in [9.17, 15) is 4.79 Å². The van der Waals surface area contributed by atoms with Gasteiger partial charge in [-0.2, -0.15) is 5.10 Å². The first kappa shape index (κ1) is 24.4. The zero-order valence-corrected chi connectivity index (χ0v) is 19.8. The highest BCUT2D eigenvalue weighted by atomic mass is 35.5. The largest absolute Gasteiger partial charge is 0.497 e. The van der Waals surface area contributed by atoms with Gasteiger partial charge < -0.3 is 19.9 Å². The lowest BCUT2D eigenvalue weighted by Crippen LogP contribution is -2.20. The summed E-state index contributed by atoms with van der Waals surface area (Å²) in [6.45, 7) is 0.243. The molecule has 0 radical (unpaired) electrons. The summed E-state index contributed by atoms with van der Waals surface area (Å²) < 4.78 is 16.5. The van der Waals surface area contributed by atoms with Crippen molar-refractivity contribution in [3.05, 3.63) is 74.5 Å². The van der Waals surface area contributed by atoms with Gasteiger partial charge in [0.1, 0.15) is 28.9 Å².